The molecule has 108 valence electrons. The molecule has 0 aliphatic carbocycles. The molecule has 1 unspecified atom stereocenters. The number of hydrogen-bond acceptors (Lipinski definition) is 3. The standard InChI is InChI=1S/C17H25N3/c1-4-6-10-14(9-5-2)19-17-13(3)18-15-11-7-8-12-16(15)20-17/h7-8,11-12,14H,4-6,9-10H2,1-3H3,(H,19,20). The molecule has 1 aromatic heterocycles. The first-order chi connectivity index (χ1) is 9.74. The van der Waals surface area contributed by atoms with Gasteiger partial charge in [-0.05, 0) is 31.9 Å². The van der Waals surface area contributed by atoms with Crippen LogP contribution >= 0.6 is 0 Å². The highest BCUT2D eigenvalue weighted by Gasteiger charge is 2.11. The molecule has 0 saturated carbocycles. The van der Waals surface area contributed by atoms with Crippen LogP contribution in [0.25, 0.3) is 11.0 Å². The fourth-order valence-electron chi connectivity index (χ4n) is 2.51. The summed E-state index contributed by atoms with van der Waals surface area (Å²) in [4.78, 5) is 9.38. The minimum absolute atomic E-state index is 0.508. The summed E-state index contributed by atoms with van der Waals surface area (Å²) in [5.74, 6) is 0.943. The summed E-state index contributed by atoms with van der Waals surface area (Å²) in [6, 6.07) is 8.56. The normalized spacial score (nSPS) is 12.6. The monoisotopic (exact) mass is 271 g/mol. The molecule has 2 rings (SSSR count). The number of para-hydroxylation sites is 2. The van der Waals surface area contributed by atoms with Gasteiger partial charge in [0.2, 0.25) is 0 Å². The summed E-state index contributed by atoms with van der Waals surface area (Å²) < 4.78 is 0. The van der Waals surface area contributed by atoms with Crippen molar-refractivity contribution in [1.29, 1.82) is 0 Å². The van der Waals surface area contributed by atoms with Crippen LogP contribution in [-0.2, 0) is 0 Å². The van der Waals surface area contributed by atoms with Crippen LogP contribution in [0.4, 0.5) is 5.82 Å². The van der Waals surface area contributed by atoms with Crippen LogP contribution in [-0.4, -0.2) is 16.0 Å². The summed E-state index contributed by atoms with van der Waals surface area (Å²) in [6.45, 7) is 6.51. The second-order valence-corrected chi connectivity index (χ2v) is 5.42. The number of anilines is 1. The first-order valence-corrected chi connectivity index (χ1v) is 7.74. The van der Waals surface area contributed by atoms with Crippen LogP contribution in [0.5, 0.6) is 0 Å². The van der Waals surface area contributed by atoms with E-state index < -0.39 is 0 Å². The lowest BCUT2D eigenvalue weighted by atomic mass is 10.1. The average Bonchev–Trinajstić information content (AvgIpc) is 2.45. The van der Waals surface area contributed by atoms with E-state index in [0.29, 0.717) is 6.04 Å². The molecule has 1 atom stereocenters. The fraction of sp³-hybridized carbons (Fsp3) is 0.529. The van der Waals surface area contributed by atoms with E-state index in [4.69, 9.17) is 4.98 Å². The molecule has 0 aliphatic rings. The number of fused-ring (bicyclic) bond motifs is 1. The van der Waals surface area contributed by atoms with Gasteiger partial charge < -0.3 is 5.32 Å². The minimum Gasteiger partial charge on any atom is -0.366 e. The molecular weight excluding hydrogens is 246 g/mol. The molecule has 3 heteroatoms. The second-order valence-electron chi connectivity index (χ2n) is 5.42. The van der Waals surface area contributed by atoms with E-state index >= 15 is 0 Å². The molecule has 0 fully saturated rings. The van der Waals surface area contributed by atoms with Gasteiger partial charge >= 0.3 is 0 Å². The van der Waals surface area contributed by atoms with Crippen molar-refractivity contribution < 1.29 is 0 Å². The third kappa shape index (κ3) is 3.69. The zero-order chi connectivity index (χ0) is 14.4. The number of nitrogens with one attached hydrogen (secondary N) is 1. The number of nitrogens with zero attached hydrogens (tertiary/aromatic N) is 2. The average molecular weight is 271 g/mol. The van der Waals surface area contributed by atoms with Gasteiger partial charge in [0.15, 0.2) is 0 Å². The highest BCUT2D eigenvalue weighted by Crippen LogP contribution is 2.19. The van der Waals surface area contributed by atoms with Gasteiger partial charge in [0.25, 0.3) is 0 Å². The van der Waals surface area contributed by atoms with Crippen molar-refractivity contribution in [1.82, 2.24) is 9.97 Å². The maximum absolute atomic E-state index is 4.73. The van der Waals surface area contributed by atoms with Crippen LogP contribution in [0.15, 0.2) is 24.3 Å². The van der Waals surface area contributed by atoms with E-state index in [9.17, 15) is 0 Å². The van der Waals surface area contributed by atoms with Crippen molar-refractivity contribution >= 4 is 16.9 Å². The number of rotatable bonds is 7. The quantitative estimate of drug-likeness (QED) is 0.792. The number of aromatic nitrogens is 2. The van der Waals surface area contributed by atoms with E-state index in [1.165, 1.54) is 32.1 Å². The lowest BCUT2D eigenvalue weighted by molar-refractivity contribution is 0.562. The van der Waals surface area contributed by atoms with Gasteiger partial charge in [-0.2, -0.15) is 0 Å². The molecule has 0 spiro atoms. The van der Waals surface area contributed by atoms with Crippen LogP contribution in [0.2, 0.25) is 0 Å². The molecule has 0 bridgehead atoms. The highest BCUT2D eigenvalue weighted by molar-refractivity contribution is 5.76. The Labute approximate surface area is 121 Å². The van der Waals surface area contributed by atoms with Gasteiger partial charge in [0.05, 0.1) is 16.7 Å². The van der Waals surface area contributed by atoms with E-state index in [2.05, 4.69) is 24.1 Å². The molecule has 0 amide bonds. The number of unbranched alkanes of at least 4 members (excludes halogenated alkanes) is 1. The zero-order valence-corrected chi connectivity index (χ0v) is 12.8. The Morgan fingerprint density at radius 3 is 2.35 bits per heavy atom. The third-order valence-corrected chi connectivity index (χ3v) is 3.63. The Kier molecular flexibility index (Phi) is 5.33. The van der Waals surface area contributed by atoms with Gasteiger partial charge in [0.1, 0.15) is 5.82 Å². The van der Waals surface area contributed by atoms with Crippen molar-refractivity contribution in [3.8, 4) is 0 Å². The van der Waals surface area contributed by atoms with E-state index in [-0.39, 0.29) is 0 Å². The molecular formula is C17H25N3. The van der Waals surface area contributed by atoms with Crippen LogP contribution < -0.4 is 5.32 Å². The van der Waals surface area contributed by atoms with E-state index in [0.717, 1.165) is 22.5 Å². The summed E-state index contributed by atoms with van der Waals surface area (Å²) in [7, 11) is 0. The Balaban J connectivity index is 2.19. The number of hydrogen-bond donors (Lipinski definition) is 1. The molecule has 0 radical (unpaired) electrons. The van der Waals surface area contributed by atoms with Gasteiger partial charge in [-0.3, -0.25) is 0 Å². The Hall–Kier alpha value is -1.64. The lowest BCUT2D eigenvalue weighted by Gasteiger charge is -2.19. The molecule has 2 aromatic rings. The first kappa shape index (κ1) is 14.8. The van der Waals surface area contributed by atoms with Crippen molar-refractivity contribution in [2.24, 2.45) is 0 Å². The molecule has 0 saturated heterocycles. The van der Waals surface area contributed by atoms with E-state index in [1.54, 1.807) is 0 Å². The summed E-state index contributed by atoms with van der Waals surface area (Å²) in [5, 5.41) is 3.60. The Morgan fingerprint density at radius 2 is 1.70 bits per heavy atom. The highest BCUT2D eigenvalue weighted by atomic mass is 15.0. The van der Waals surface area contributed by atoms with Gasteiger partial charge in [0, 0.05) is 6.04 Å². The Morgan fingerprint density at radius 1 is 1.00 bits per heavy atom. The molecule has 1 aromatic carbocycles. The van der Waals surface area contributed by atoms with Crippen LogP contribution in [0.3, 0.4) is 0 Å². The van der Waals surface area contributed by atoms with E-state index in [1.807, 2.05) is 31.2 Å². The van der Waals surface area contributed by atoms with Crippen molar-refractivity contribution in [3.63, 3.8) is 0 Å². The zero-order valence-electron chi connectivity index (χ0n) is 12.8. The third-order valence-electron chi connectivity index (χ3n) is 3.63. The maximum Gasteiger partial charge on any atom is 0.148 e. The number of benzene rings is 1. The molecule has 1 N–H and O–H groups in total. The SMILES string of the molecule is CCCCC(CCC)Nc1nc2ccccc2nc1C. The number of aryl methyl sites for hydroxylation is 1. The maximum atomic E-state index is 4.73. The van der Waals surface area contributed by atoms with Gasteiger partial charge in [-0.25, -0.2) is 9.97 Å². The van der Waals surface area contributed by atoms with Crippen LogP contribution in [0, 0.1) is 6.92 Å². The molecule has 1 heterocycles. The predicted molar refractivity (Wildman–Crippen MR) is 86.1 cm³/mol. The lowest BCUT2D eigenvalue weighted by Crippen LogP contribution is -2.21. The fourth-order valence-corrected chi connectivity index (χ4v) is 2.51. The Bertz CT molecular complexity index is 551. The van der Waals surface area contributed by atoms with Crippen molar-refractivity contribution in [2.75, 3.05) is 5.32 Å². The van der Waals surface area contributed by atoms with Crippen molar-refractivity contribution in [3.05, 3.63) is 30.0 Å². The predicted octanol–water partition coefficient (Wildman–Crippen LogP) is 4.71. The smallest absolute Gasteiger partial charge is 0.148 e. The van der Waals surface area contributed by atoms with Crippen LogP contribution in [0.1, 0.15) is 51.6 Å². The van der Waals surface area contributed by atoms with Gasteiger partial charge in [-0.1, -0.05) is 45.2 Å². The summed E-state index contributed by atoms with van der Waals surface area (Å²) in [6.07, 6.45) is 6.09. The molecule has 20 heavy (non-hydrogen) atoms. The minimum atomic E-state index is 0.508. The summed E-state index contributed by atoms with van der Waals surface area (Å²) >= 11 is 0. The molecule has 3 nitrogen and oxygen atoms in total. The molecule has 0 aliphatic heterocycles. The topological polar surface area (TPSA) is 37.8 Å². The van der Waals surface area contributed by atoms with Crippen molar-refractivity contribution in [2.45, 2.75) is 58.9 Å². The largest absolute Gasteiger partial charge is 0.366 e. The first-order valence-electron chi connectivity index (χ1n) is 7.74. The van der Waals surface area contributed by atoms with Gasteiger partial charge in [-0.15, -0.1) is 0 Å². The summed E-state index contributed by atoms with van der Waals surface area (Å²) in [5.41, 5.74) is 2.92. The second kappa shape index (κ2) is 7.22.